The smallest absolute Gasteiger partial charge is 0.147 e. The summed E-state index contributed by atoms with van der Waals surface area (Å²) in [7, 11) is 0. The molecule has 0 radical (unpaired) electrons. The zero-order chi connectivity index (χ0) is 9.38. The van der Waals surface area contributed by atoms with Crippen molar-refractivity contribution in [2.75, 3.05) is 31.1 Å². The van der Waals surface area contributed by atoms with Crippen LogP contribution in [0, 0.1) is 11.8 Å². The van der Waals surface area contributed by atoms with Gasteiger partial charge in [0.05, 0.1) is 6.20 Å². The predicted molar refractivity (Wildman–Crippen MR) is 54.1 cm³/mol. The molecule has 0 unspecified atom stereocenters. The Kier molecular flexibility index (Phi) is 1.87. The van der Waals surface area contributed by atoms with E-state index in [1.807, 2.05) is 6.20 Å². The van der Waals surface area contributed by atoms with E-state index in [0.29, 0.717) is 0 Å². The molecule has 14 heavy (non-hydrogen) atoms. The summed E-state index contributed by atoms with van der Waals surface area (Å²) in [5.74, 6) is 2.66. The van der Waals surface area contributed by atoms with E-state index in [9.17, 15) is 0 Å². The molecule has 3 heterocycles. The number of nitrogens with one attached hydrogen (secondary N) is 1. The number of anilines is 1. The lowest BCUT2D eigenvalue weighted by Gasteiger charge is -2.17. The van der Waals surface area contributed by atoms with E-state index >= 15 is 0 Å². The van der Waals surface area contributed by atoms with Crippen LogP contribution < -0.4 is 10.2 Å². The molecule has 2 aliphatic heterocycles. The van der Waals surface area contributed by atoms with Gasteiger partial charge in [0.1, 0.15) is 5.82 Å². The lowest BCUT2D eigenvalue weighted by molar-refractivity contribution is 0.533. The molecular formula is C10H14N4. The first-order valence-corrected chi connectivity index (χ1v) is 5.15. The summed E-state index contributed by atoms with van der Waals surface area (Å²) in [6.07, 6.45) is 5.35. The van der Waals surface area contributed by atoms with Crippen molar-refractivity contribution in [1.29, 1.82) is 0 Å². The Morgan fingerprint density at radius 3 is 2.64 bits per heavy atom. The van der Waals surface area contributed by atoms with Crippen LogP contribution in [0.3, 0.4) is 0 Å². The third-order valence-corrected chi connectivity index (χ3v) is 3.26. The van der Waals surface area contributed by atoms with Crippen LogP contribution in [0.2, 0.25) is 0 Å². The third-order valence-electron chi connectivity index (χ3n) is 3.26. The molecule has 0 amide bonds. The fraction of sp³-hybridized carbons (Fsp3) is 0.600. The van der Waals surface area contributed by atoms with Gasteiger partial charge >= 0.3 is 0 Å². The molecule has 3 rings (SSSR count). The number of rotatable bonds is 1. The second kappa shape index (κ2) is 3.20. The largest absolute Gasteiger partial charge is 0.355 e. The zero-order valence-electron chi connectivity index (χ0n) is 8.06. The maximum absolute atomic E-state index is 4.33. The molecule has 4 heteroatoms. The average Bonchev–Trinajstić information content (AvgIpc) is 2.78. The Morgan fingerprint density at radius 2 is 2.00 bits per heavy atom. The summed E-state index contributed by atoms with van der Waals surface area (Å²) >= 11 is 0. The summed E-state index contributed by atoms with van der Waals surface area (Å²) in [4.78, 5) is 10.8. The Labute approximate surface area is 83.4 Å². The molecule has 1 N–H and O–H groups in total. The Bertz CT molecular complexity index is 301. The van der Waals surface area contributed by atoms with Crippen LogP contribution in [0.15, 0.2) is 18.6 Å². The minimum atomic E-state index is 0.817. The van der Waals surface area contributed by atoms with E-state index in [0.717, 1.165) is 30.7 Å². The number of hydrogen-bond donors (Lipinski definition) is 1. The highest BCUT2D eigenvalue weighted by Crippen LogP contribution is 2.28. The summed E-state index contributed by atoms with van der Waals surface area (Å²) < 4.78 is 0. The summed E-state index contributed by atoms with van der Waals surface area (Å²) in [6, 6.07) is 0. The van der Waals surface area contributed by atoms with Crippen LogP contribution in [0.5, 0.6) is 0 Å². The number of nitrogens with zero attached hydrogens (tertiary/aromatic N) is 3. The molecule has 0 bridgehead atoms. The molecule has 0 aliphatic carbocycles. The van der Waals surface area contributed by atoms with Crippen molar-refractivity contribution in [1.82, 2.24) is 15.3 Å². The minimum absolute atomic E-state index is 0.817. The molecule has 0 aromatic carbocycles. The molecule has 1 aromatic heterocycles. The Morgan fingerprint density at radius 1 is 1.21 bits per heavy atom. The van der Waals surface area contributed by atoms with Gasteiger partial charge in [0.15, 0.2) is 0 Å². The SMILES string of the molecule is c1cnc(N2C[C@H]3CNC[C@H]3C2)cn1. The van der Waals surface area contributed by atoms with Crippen LogP contribution in [-0.2, 0) is 0 Å². The van der Waals surface area contributed by atoms with Gasteiger partial charge in [-0.25, -0.2) is 4.98 Å². The fourth-order valence-corrected chi connectivity index (χ4v) is 2.50. The number of hydrogen-bond acceptors (Lipinski definition) is 4. The van der Waals surface area contributed by atoms with Crippen LogP contribution in [0.1, 0.15) is 0 Å². The molecule has 2 fully saturated rings. The third kappa shape index (κ3) is 1.26. The minimum Gasteiger partial charge on any atom is -0.355 e. The van der Waals surface area contributed by atoms with Crippen molar-refractivity contribution < 1.29 is 0 Å². The molecule has 74 valence electrons. The van der Waals surface area contributed by atoms with Gasteiger partial charge < -0.3 is 10.2 Å². The molecule has 2 saturated heterocycles. The molecule has 4 nitrogen and oxygen atoms in total. The van der Waals surface area contributed by atoms with Crippen LogP contribution in [0.4, 0.5) is 5.82 Å². The topological polar surface area (TPSA) is 41.1 Å². The lowest BCUT2D eigenvalue weighted by Crippen LogP contribution is -2.26. The average molecular weight is 190 g/mol. The normalized spacial score (nSPS) is 30.7. The maximum Gasteiger partial charge on any atom is 0.147 e. The molecule has 2 atom stereocenters. The fourth-order valence-electron chi connectivity index (χ4n) is 2.50. The van der Waals surface area contributed by atoms with E-state index < -0.39 is 0 Å². The second-order valence-electron chi connectivity index (χ2n) is 4.15. The van der Waals surface area contributed by atoms with Crippen molar-refractivity contribution >= 4 is 5.82 Å². The van der Waals surface area contributed by atoms with E-state index in [-0.39, 0.29) is 0 Å². The van der Waals surface area contributed by atoms with Crippen molar-refractivity contribution in [2.24, 2.45) is 11.8 Å². The highest BCUT2D eigenvalue weighted by atomic mass is 15.2. The van der Waals surface area contributed by atoms with Gasteiger partial charge in [-0.2, -0.15) is 0 Å². The first-order chi connectivity index (χ1) is 6.93. The highest BCUT2D eigenvalue weighted by molar-refractivity contribution is 5.37. The van der Waals surface area contributed by atoms with Crippen molar-refractivity contribution in [3.63, 3.8) is 0 Å². The maximum atomic E-state index is 4.33. The first kappa shape index (κ1) is 8.17. The monoisotopic (exact) mass is 190 g/mol. The highest BCUT2D eigenvalue weighted by Gasteiger charge is 2.36. The van der Waals surface area contributed by atoms with Crippen molar-refractivity contribution in [3.8, 4) is 0 Å². The van der Waals surface area contributed by atoms with Crippen LogP contribution >= 0.6 is 0 Å². The molecule has 2 aliphatic rings. The van der Waals surface area contributed by atoms with Gasteiger partial charge in [0.25, 0.3) is 0 Å². The Hall–Kier alpha value is -1.16. The second-order valence-corrected chi connectivity index (χ2v) is 4.15. The van der Waals surface area contributed by atoms with Crippen LogP contribution in [0.25, 0.3) is 0 Å². The molecular weight excluding hydrogens is 176 g/mol. The zero-order valence-corrected chi connectivity index (χ0v) is 8.06. The quantitative estimate of drug-likeness (QED) is 0.683. The van der Waals surface area contributed by atoms with Gasteiger partial charge in [-0.3, -0.25) is 4.98 Å². The van der Waals surface area contributed by atoms with Gasteiger partial charge in [-0.1, -0.05) is 0 Å². The summed E-state index contributed by atoms with van der Waals surface area (Å²) in [5, 5.41) is 3.43. The van der Waals surface area contributed by atoms with E-state index in [1.165, 1.54) is 13.1 Å². The van der Waals surface area contributed by atoms with Gasteiger partial charge in [0.2, 0.25) is 0 Å². The molecule has 1 aromatic rings. The van der Waals surface area contributed by atoms with Gasteiger partial charge in [-0.05, 0) is 11.8 Å². The van der Waals surface area contributed by atoms with Crippen molar-refractivity contribution in [3.05, 3.63) is 18.6 Å². The van der Waals surface area contributed by atoms with Crippen molar-refractivity contribution in [2.45, 2.75) is 0 Å². The van der Waals surface area contributed by atoms with E-state index in [4.69, 9.17) is 0 Å². The lowest BCUT2D eigenvalue weighted by atomic mass is 10.0. The molecule has 0 spiro atoms. The number of fused-ring (bicyclic) bond motifs is 1. The first-order valence-electron chi connectivity index (χ1n) is 5.15. The summed E-state index contributed by atoms with van der Waals surface area (Å²) in [5.41, 5.74) is 0. The van der Waals surface area contributed by atoms with Gasteiger partial charge in [0, 0.05) is 38.6 Å². The number of aromatic nitrogens is 2. The Balaban J connectivity index is 1.77. The van der Waals surface area contributed by atoms with E-state index in [1.54, 1.807) is 12.4 Å². The van der Waals surface area contributed by atoms with Gasteiger partial charge in [-0.15, -0.1) is 0 Å². The molecule has 0 saturated carbocycles. The standard InChI is InChI=1S/C10H14N4/c1-2-13-10(5-11-1)14-6-8-3-12-4-9(8)7-14/h1-2,5,8-9,12H,3-4,6-7H2/t8-,9+. The van der Waals surface area contributed by atoms with E-state index in [2.05, 4.69) is 20.2 Å². The summed E-state index contributed by atoms with van der Waals surface area (Å²) in [6.45, 7) is 4.61. The predicted octanol–water partition coefficient (Wildman–Crippen LogP) is 0.132. The van der Waals surface area contributed by atoms with Crippen LogP contribution in [-0.4, -0.2) is 36.1 Å².